The van der Waals surface area contributed by atoms with Gasteiger partial charge in [0, 0.05) is 5.69 Å². The van der Waals surface area contributed by atoms with E-state index in [2.05, 4.69) is 36.3 Å². The van der Waals surface area contributed by atoms with Crippen LogP contribution in [0.15, 0.2) is 33.8 Å². The van der Waals surface area contributed by atoms with E-state index in [0.717, 1.165) is 17.0 Å². The Morgan fingerprint density at radius 1 is 1.35 bits per heavy atom. The van der Waals surface area contributed by atoms with Gasteiger partial charge >= 0.3 is 0 Å². The molecule has 0 unspecified atom stereocenters. The lowest BCUT2D eigenvalue weighted by atomic mass is 10.2. The minimum atomic E-state index is -0.328. The van der Waals surface area contributed by atoms with Gasteiger partial charge in [-0.15, -0.1) is 5.10 Å². The largest absolute Gasteiger partial charge is 0.271 e. The van der Waals surface area contributed by atoms with Gasteiger partial charge in [0.15, 0.2) is 0 Å². The van der Waals surface area contributed by atoms with Gasteiger partial charge in [0.25, 0.3) is 5.95 Å². The number of benzene rings is 1. The normalized spacial score (nSPS) is 11.5. The van der Waals surface area contributed by atoms with Crippen molar-refractivity contribution in [1.29, 1.82) is 0 Å². The molecule has 3 aromatic rings. The van der Waals surface area contributed by atoms with Gasteiger partial charge in [0.05, 0.1) is 16.4 Å². The van der Waals surface area contributed by atoms with Crippen LogP contribution in [0.2, 0.25) is 0 Å². The van der Waals surface area contributed by atoms with Crippen LogP contribution in [0.1, 0.15) is 17.0 Å². The molecule has 0 saturated heterocycles. The van der Waals surface area contributed by atoms with Crippen LogP contribution in [0.4, 0.5) is 4.39 Å². The quantitative estimate of drug-likeness (QED) is 0.545. The molecule has 0 amide bonds. The summed E-state index contributed by atoms with van der Waals surface area (Å²) in [5.41, 5.74) is 2.51. The Bertz CT molecular complexity index is 955. The fraction of sp³-hybridized carbons (Fsp3) is 0.143. The van der Waals surface area contributed by atoms with E-state index < -0.39 is 0 Å². The second-order valence-corrected chi connectivity index (χ2v) is 6.14. The number of rotatable bonds is 3. The van der Waals surface area contributed by atoms with Crippen molar-refractivity contribution >= 4 is 34.4 Å². The molecule has 2 aromatic heterocycles. The first kappa shape index (κ1) is 15.8. The predicted molar refractivity (Wildman–Crippen MR) is 91.1 cm³/mol. The molecule has 0 atom stereocenters. The Morgan fingerprint density at radius 2 is 2.13 bits per heavy atom. The lowest BCUT2D eigenvalue weighted by Gasteiger charge is -2.02. The third-order valence-corrected chi connectivity index (χ3v) is 3.97. The molecule has 0 aliphatic rings. The maximum atomic E-state index is 13.3. The number of hydrogen-bond donors (Lipinski definition) is 1. The lowest BCUT2D eigenvalue weighted by Crippen LogP contribution is -2.07. The topological polar surface area (TPSA) is 63.8 Å². The van der Waals surface area contributed by atoms with Crippen LogP contribution in [0.5, 0.6) is 0 Å². The first-order valence-corrected chi connectivity index (χ1v) is 7.86. The number of aryl methyl sites for hydroxylation is 2. The molecule has 3 rings (SSSR count). The molecule has 0 aliphatic heterocycles. The minimum absolute atomic E-state index is 0.328. The highest BCUT2D eigenvalue weighted by molar-refractivity contribution is 9.10. The van der Waals surface area contributed by atoms with Gasteiger partial charge in [0.1, 0.15) is 5.82 Å². The first-order valence-electron chi connectivity index (χ1n) is 6.66. The molecule has 0 bridgehead atoms. The molecule has 1 aromatic carbocycles. The molecule has 23 heavy (non-hydrogen) atoms. The van der Waals surface area contributed by atoms with E-state index >= 15 is 0 Å². The Kier molecular flexibility index (Phi) is 4.22. The van der Waals surface area contributed by atoms with E-state index in [1.54, 1.807) is 23.0 Å². The SMILES string of the molecule is Cc1cc(C)n(-c2n[nH]c(=S)n2/N=C\c2ccc(F)c(Br)c2)n1. The molecule has 2 heterocycles. The summed E-state index contributed by atoms with van der Waals surface area (Å²) < 4.78 is 17.1. The van der Waals surface area contributed by atoms with E-state index in [9.17, 15) is 4.39 Å². The summed E-state index contributed by atoms with van der Waals surface area (Å²) >= 11 is 8.35. The summed E-state index contributed by atoms with van der Waals surface area (Å²) in [5.74, 6) is 0.128. The van der Waals surface area contributed by atoms with E-state index in [4.69, 9.17) is 12.2 Å². The van der Waals surface area contributed by atoms with Gasteiger partial charge in [-0.25, -0.2) is 14.2 Å². The number of nitrogens with zero attached hydrogens (tertiary/aromatic N) is 5. The minimum Gasteiger partial charge on any atom is -0.248 e. The fourth-order valence-electron chi connectivity index (χ4n) is 2.07. The van der Waals surface area contributed by atoms with Crippen molar-refractivity contribution in [3.63, 3.8) is 0 Å². The molecule has 9 heteroatoms. The zero-order chi connectivity index (χ0) is 16.6. The van der Waals surface area contributed by atoms with Crippen LogP contribution in [0.25, 0.3) is 5.95 Å². The number of aromatic amines is 1. The van der Waals surface area contributed by atoms with Gasteiger partial charge < -0.3 is 0 Å². The van der Waals surface area contributed by atoms with Crippen LogP contribution in [-0.4, -0.2) is 30.9 Å². The monoisotopic (exact) mass is 394 g/mol. The molecule has 1 N–H and O–H groups in total. The van der Waals surface area contributed by atoms with Crippen LogP contribution in [0, 0.1) is 24.4 Å². The van der Waals surface area contributed by atoms with Gasteiger partial charge in [-0.3, -0.25) is 0 Å². The third-order valence-electron chi connectivity index (χ3n) is 3.10. The summed E-state index contributed by atoms with van der Waals surface area (Å²) in [6.07, 6.45) is 1.57. The molecule has 118 valence electrons. The Hall–Kier alpha value is -2.13. The third kappa shape index (κ3) is 3.15. The highest BCUT2D eigenvalue weighted by atomic mass is 79.9. The van der Waals surface area contributed by atoms with Crippen molar-refractivity contribution in [2.75, 3.05) is 0 Å². The van der Waals surface area contributed by atoms with Crippen molar-refractivity contribution < 1.29 is 4.39 Å². The van der Waals surface area contributed by atoms with E-state index in [1.165, 1.54) is 10.7 Å². The van der Waals surface area contributed by atoms with Crippen molar-refractivity contribution in [2.45, 2.75) is 13.8 Å². The van der Waals surface area contributed by atoms with Crippen molar-refractivity contribution in [1.82, 2.24) is 24.7 Å². The van der Waals surface area contributed by atoms with Gasteiger partial charge in [-0.2, -0.15) is 14.9 Å². The number of hydrogen-bond acceptors (Lipinski definition) is 4. The summed E-state index contributed by atoms with van der Waals surface area (Å²) in [6.45, 7) is 3.82. The van der Waals surface area contributed by atoms with Crippen LogP contribution >= 0.6 is 28.1 Å². The molecule has 0 aliphatic carbocycles. The van der Waals surface area contributed by atoms with Crippen molar-refractivity contribution in [3.05, 3.63) is 56.3 Å². The molecular weight excluding hydrogens is 383 g/mol. The smallest absolute Gasteiger partial charge is 0.248 e. The number of nitrogens with one attached hydrogen (secondary N) is 1. The summed E-state index contributed by atoms with van der Waals surface area (Å²) in [6, 6.07) is 6.55. The van der Waals surface area contributed by atoms with Gasteiger partial charge in [0.2, 0.25) is 4.77 Å². The standard InChI is InChI=1S/C14H12BrFN6S/c1-8-5-9(2)21(20-8)13-18-19-14(23)22(13)17-7-10-3-4-12(16)11(15)6-10/h3-7H,1-2H3,(H,19,23)/b17-7-. The number of H-pyrrole nitrogens is 1. The second kappa shape index (κ2) is 6.17. The fourth-order valence-corrected chi connectivity index (χ4v) is 2.64. The van der Waals surface area contributed by atoms with Crippen LogP contribution in [0.3, 0.4) is 0 Å². The van der Waals surface area contributed by atoms with Crippen LogP contribution in [-0.2, 0) is 0 Å². The number of aromatic nitrogens is 5. The molecular formula is C14H12BrFN6S. The molecule has 0 fully saturated rings. The Labute approximate surface area is 144 Å². The molecule has 6 nitrogen and oxygen atoms in total. The summed E-state index contributed by atoms with van der Waals surface area (Å²) in [7, 11) is 0. The summed E-state index contributed by atoms with van der Waals surface area (Å²) in [4.78, 5) is 0. The van der Waals surface area contributed by atoms with E-state index in [1.807, 2.05) is 19.9 Å². The Balaban J connectivity index is 2.02. The highest BCUT2D eigenvalue weighted by Crippen LogP contribution is 2.16. The van der Waals surface area contributed by atoms with Gasteiger partial charge in [-0.1, -0.05) is 6.07 Å². The maximum absolute atomic E-state index is 13.3. The lowest BCUT2D eigenvalue weighted by molar-refractivity contribution is 0.621. The predicted octanol–water partition coefficient (Wildman–Crippen LogP) is 3.53. The summed E-state index contributed by atoms with van der Waals surface area (Å²) in [5, 5.41) is 15.6. The van der Waals surface area contributed by atoms with Crippen LogP contribution < -0.4 is 0 Å². The van der Waals surface area contributed by atoms with E-state index in [0.29, 0.717) is 15.2 Å². The average Bonchev–Trinajstić information content (AvgIpc) is 3.02. The van der Waals surface area contributed by atoms with Gasteiger partial charge in [-0.05, 0) is 65.8 Å². The second-order valence-electron chi connectivity index (χ2n) is 4.90. The van der Waals surface area contributed by atoms with Crippen molar-refractivity contribution in [2.24, 2.45) is 5.10 Å². The Morgan fingerprint density at radius 3 is 2.78 bits per heavy atom. The zero-order valence-corrected chi connectivity index (χ0v) is 14.7. The molecule has 0 radical (unpaired) electrons. The molecule has 0 spiro atoms. The highest BCUT2D eigenvalue weighted by Gasteiger charge is 2.11. The van der Waals surface area contributed by atoms with E-state index in [-0.39, 0.29) is 5.82 Å². The average molecular weight is 395 g/mol. The van der Waals surface area contributed by atoms with Crippen molar-refractivity contribution in [3.8, 4) is 5.95 Å². The maximum Gasteiger partial charge on any atom is 0.271 e. The molecule has 0 saturated carbocycles. The first-order chi connectivity index (χ1) is 11.0. The zero-order valence-electron chi connectivity index (χ0n) is 12.3. The number of halogens is 2.